The summed E-state index contributed by atoms with van der Waals surface area (Å²) in [5.41, 5.74) is 2.98. The van der Waals surface area contributed by atoms with Gasteiger partial charge in [0.1, 0.15) is 11.6 Å². The Morgan fingerprint density at radius 3 is 2.79 bits per heavy atom. The summed E-state index contributed by atoms with van der Waals surface area (Å²) < 4.78 is 0. The van der Waals surface area contributed by atoms with E-state index < -0.39 is 0 Å². The van der Waals surface area contributed by atoms with Crippen LogP contribution >= 0.6 is 11.3 Å². The molecular formula is C22H23N5OS. The van der Waals surface area contributed by atoms with E-state index in [1.165, 1.54) is 0 Å². The molecule has 2 aromatic heterocycles. The summed E-state index contributed by atoms with van der Waals surface area (Å²) in [6.07, 6.45) is 4.42. The van der Waals surface area contributed by atoms with Crippen LogP contribution in [-0.4, -0.2) is 38.8 Å². The number of amides is 1. The smallest absolute Gasteiger partial charge is 0.246 e. The normalized spacial score (nSPS) is 16.5. The third-order valence-electron chi connectivity index (χ3n) is 4.85. The largest absolute Gasteiger partial charge is 0.338 e. The number of hydrogen-bond donors (Lipinski definition) is 1. The van der Waals surface area contributed by atoms with Crippen LogP contribution in [0.4, 0.5) is 10.9 Å². The van der Waals surface area contributed by atoms with Gasteiger partial charge in [0, 0.05) is 36.5 Å². The molecule has 1 fully saturated rings. The number of carbonyl (C=O) groups excluding carboxylic acids is 1. The number of thiazole rings is 1. The zero-order valence-corrected chi connectivity index (χ0v) is 17.3. The Morgan fingerprint density at radius 2 is 2.03 bits per heavy atom. The molecule has 1 N–H and O–H groups in total. The van der Waals surface area contributed by atoms with E-state index in [0.29, 0.717) is 12.4 Å². The number of anilines is 2. The highest BCUT2D eigenvalue weighted by Crippen LogP contribution is 2.28. The fourth-order valence-corrected chi connectivity index (χ4v) is 4.12. The number of carbonyl (C=O) groups is 1. The van der Waals surface area contributed by atoms with Crippen LogP contribution < -0.4 is 5.32 Å². The highest BCUT2D eigenvalue weighted by molar-refractivity contribution is 7.13. The molecule has 1 aromatic carbocycles. The molecule has 0 unspecified atom stereocenters. The summed E-state index contributed by atoms with van der Waals surface area (Å²) in [4.78, 5) is 28.0. The lowest BCUT2D eigenvalue weighted by molar-refractivity contribution is -0.124. The van der Waals surface area contributed by atoms with Gasteiger partial charge in [-0.25, -0.2) is 15.0 Å². The molecule has 7 heteroatoms. The molecule has 6 nitrogen and oxygen atoms in total. The van der Waals surface area contributed by atoms with E-state index in [9.17, 15) is 4.79 Å². The van der Waals surface area contributed by atoms with Crippen molar-refractivity contribution in [1.29, 1.82) is 0 Å². The first-order valence-electron chi connectivity index (χ1n) is 9.63. The molecule has 1 aliphatic heterocycles. The van der Waals surface area contributed by atoms with Gasteiger partial charge < -0.3 is 10.2 Å². The van der Waals surface area contributed by atoms with Gasteiger partial charge in [-0.05, 0) is 31.9 Å². The molecule has 0 saturated carbocycles. The Labute approximate surface area is 174 Å². The first-order chi connectivity index (χ1) is 14.1. The van der Waals surface area contributed by atoms with Gasteiger partial charge in [0.2, 0.25) is 5.91 Å². The van der Waals surface area contributed by atoms with Crippen LogP contribution in [0.5, 0.6) is 0 Å². The van der Waals surface area contributed by atoms with Crippen molar-refractivity contribution >= 4 is 34.3 Å². The standard InChI is InChI=1S/C22H23N5OS/c1-15-14-29-22(23-15)26-20-12-19(24-16(2)25-20)18-10-11-27(13-18)21(28)9-8-17-6-4-3-5-7-17/h3-9,12,14,18H,10-11,13H2,1-2H3,(H,23,24,25,26)/b9-8+/t18-/m1/s1. The van der Waals surface area contributed by atoms with Crippen molar-refractivity contribution in [3.8, 4) is 0 Å². The van der Waals surface area contributed by atoms with Gasteiger partial charge in [-0.1, -0.05) is 30.3 Å². The summed E-state index contributed by atoms with van der Waals surface area (Å²) >= 11 is 1.55. The number of rotatable bonds is 5. The summed E-state index contributed by atoms with van der Waals surface area (Å²) in [6, 6.07) is 11.8. The SMILES string of the molecule is Cc1csc(Nc2cc([C@@H]3CCN(C(=O)/C=C/c4ccccc4)C3)nc(C)n2)n1. The number of benzene rings is 1. The maximum absolute atomic E-state index is 12.6. The molecule has 4 rings (SSSR count). The van der Waals surface area contributed by atoms with Gasteiger partial charge in [-0.3, -0.25) is 4.79 Å². The number of nitrogens with one attached hydrogen (secondary N) is 1. The second-order valence-electron chi connectivity index (χ2n) is 7.16. The predicted octanol–water partition coefficient (Wildman–Crippen LogP) is 4.32. The maximum Gasteiger partial charge on any atom is 0.246 e. The van der Waals surface area contributed by atoms with Gasteiger partial charge in [-0.2, -0.15) is 0 Å². The Balaban J connectivity index is 1.43. The predicted molar refractivity (Wildman–Crippen MR) is 116 cm³/mol. The molecule has 1 saturated heterocycles. The molecule has 3 heterocycles. The number of hydrogen-bond acceptors (Lipinski definition) is 6. The highest BCUT2D eigenvalue weighted by atomic mass is 32.1. The zero-order valence-electron chi connectivity index (χ0n) is 16.5. The van der Waals surface area contributed by atoms with Crippen molar-refractivity contribution in [2.24, 2.45) is 0 Å². The number of aryl methyl sites for hydroxylation is 2. The molecule has 3 aromatic rings. The van der Waals surface area contributed by atoms with Crippen LogP contribution in [0.15, 0.2) is 47.9 Å². The fourth-order valence-electron chi connectivity index (χ4n) is 3.42. The first kappa shape index (κ1) is 19.3. The molecule has 0 spiro atoms. The van der Waals surface area contributed by atoms with Crippen molar-refractivity contribution < 1.29 is 4.79 Å². The summed E-state index contributed by atoms with van der Waals surface area (Å²) in [5.74, 6) is 1.71. The summed E-state index contributed by atoms with van der Waals surface area (Å²) in [6.45, 7) is 5.27. The molecule has 0 radical (unpaired) electrons. The van der Waals surface area contributed by atoms with E-state index in [2.05, 4.69) is 20.3 Å². The first-order valence-corrected chi connectivity index (χ1v) is 10.5. The van der Waals surface area contributed by atoms with Gasteiger partial charge in [0.25, 0.3) is 0 Å². The van der Waals surface area contributed by atoms with Crippen LogP contribution in [0.3, 0.4) is 0 Å². The second-order valence-corrected chi connectivity index (χ2v) is 8.02. The zero-order chi connectivity index (χ0) is 20.2. The van der Waals surface area contributed by atoms with Crippen molar-refractivity contribution in [3.63, 3.8) is 0 Å². The van der Waals surface area contributed by atoms with Crippen LogP contribution in [0, 0.1) is 13.8 Å². The van der Waals surface area contributed by atoms with Crippen LogP contribution in [0.1, 0.15) is 35.1 Å². The minimum absolute atomic E-state index is 0.0405. The van der Waals surface area contributed by atoms with Crippen LogP contribution in [0.25, 0.3) is 6.08 Å². The Morgan fingerprint density at radius 1 is 1.21 bits per heavy atom. The molecular weight excluding hydrogens is 382 g/mol. The van der Waals surface area contributed by atoms with E-state index in [4.69, 9.17) is 0 Å². The minimum atomic E-state index is 0.0405. The van der Waals surface area contributed by atoms with Gasteiger partial charge in [0.05, 0.1) is 11.4 Å². The maximum atomic E-state index is 12.6. The van der Waals surface area contributed by atoms with Crippen molar-refractivity contribution in [2.75, 3.05) is 18.4 Å². The number of likely N-dealkylation sites (tertiary alicyclic amines) is 1. The molecule has 0 bridgehead atoms. The molecule has 29 heavy (non-hydrogen) atoms. The topological polar surface area (TPSA) is 71.0 Å². The minimum Gasteiger partial charge on any atom is -0.338 e. The molecule has 0 aliphatic carbocycles. The third-order valence-corrected chi connectivity index (χ3v) is 5.72. The van der Waals surface area contributed by atoms with E-state index >= 15 is 0 Å². The van der Waals surface area contributed by atoms with Gasteiger partial charge in [-0.15, -0.1) is 11.3 Å². The van der Waals surface area contributed by atoms with E-state index in [0.717, 1.165) is 40.9 Å². The van der Waals surface area contributed by atoms with Crippen LogP contribution in [-0.2, 0) is 4.79 Å². The number of nitrogens with zero attached hydrogens (tertiary/aromatic N) is 4. The highest BCUT2D eigenvalue weighted by Gasteiger charge is 2.27. The third kappa shape index (κ3) is 4.86. The lowest BCUT2D eigenvalue weighted by Gasteiger charge is -2.15. The van der Waals surface area contributed by atoms with Gasteiger partial charge in [0.15, 0.2) is 5.13 Å². The fraction of sp³-hybridized carbons (Fsp3) is 0.273. The van der Waals surface area contributed by atoms with Crippen molar-refractivity contribution in [2.45, 2.75) is 26.2 Å². The second kappa shape index (κ2) is 8.53. The Bertz CT molecular complexity index is 1030. The lowest BCUT2D eigenvalue weighted by atomic mass is 10.0. The molecule has 1 amide bonds. The van der Waals surface area contributed by atoms with Crippen molar-refractivity contribution in [1.82, 2.24) is 19.9 Å². The van der Waals surface area contributed by atoms with E-state index in [1.807, 2.05) is 66.6 Å². The monoisotopic (exact) mass is 405 g/mol. The molecule has 1 aliphatic rings. The Hall–Kier alpha value is -3.06. The average Bonchev–Trinajstić information content (AvgIpc) is 3.36. The van der Waals surface area contributed by atoms with E-state index in [1.54, 1.807) is 17.4 Å². The van der Waals surface area contributed by atoms with Crippen LogP contribution in [0.2, 0.25) is 0 Å². The quantitative estimate of drug-likeness (QED) is 0.640. The number of aromatic nitrogens is 3. The average molecular weight is 406 g/mol. The Kier molecular flexibility index (Phi) is 5.67. The summed E-state index contributed by atoms with van der Waals surface area (Å²) in [5, 5.41) is 6.09. The summed E-state index contributed by atoms with van der Waals surface area (Å²) in [7, 11) is 0. The van der Waals surface area contributed by atoms with E-state index in [-0.39, 0.29) is 11.8 Å². The van der Waals surface area contributed by atoms with Gasteiger partial charge >= 0.3 is 0 Å². The van der Waals surface area contributed by atoms with Crippen molar-refractivity contribution in [3.05, 3.63) is 70.6 Å². The molecule has 1 atom stereocenters. The molecule has 148 valence electrons. The lowest BCUT2D eigenvalue weighted by Crippen LogP contribution is -2.26.